The Kier molecular flexibility index (Phi) is 21.1. The van der Waals surface area contributed by atoms with Gasteiger partial charge in [-0.1, -0.05) is 27.8 Å². The molecule has 0 bridgehead atoms. The first kappa shape index (κ1) is 26.4. The fourth-order valence-electron chi connectivity index (χ4n) is 2.24. The zero-order chi connectivity index (χ0) is 20.0. The molecule has 2 rings (SSSR count). The molecule has 156 valence electrons. The minimum atomic E-state index is -0.0547. The van der Waals surface area contributed by atoms with E-state index in [-0.39, 0.29) is 19.2 Å². The van der Waals surface area contributed by atoms with Crippen LogP contribution in [0.2, 0.25) is 0 Å². The summed E-state index contributed by atoms with van der Waals surface area (Å²) in [6.07, 6.45) is 16.3. The molecule has 2 atom stereocenters. The summed E-state index contributed by atoms with van der Waals surface area (Å²) < 4.78 is 26.2. The molecule has 2 aliphatic heterocycles. The Balaban J connectivity index is 0.000000428. The zero-order valence-corrected chi connectivity index (χ0v) is 17.7. The predicted octanol–water partition coefficient (Wildman–Crippen LogP) is 2.72. The topological polar surface area (TPSA) is 66.4 Å². The lowest BCUT2D eigenvalue weighted by molar-refractivity contribution is -0.168. The molecule has 2 aliphatic rings. The van der Waals surface area contributed by atoms with Crippen molar-refractivity contribution in [3.63, 3.8) is 0 Å². The Morgan fingerprint density at radius 1 is 0.889 bits per heavy atom. The van der Waals surface area contributed by atoms with Crippen LogP contribution in [0, 0.1) is 24.7 Å². The molecule has 0 spiro atoms. The first-order chi connectivity index (χ1) is 13.3. The summed E-state index contributed by atoms with van der Waals surface area (Å²) in [5.74, 6) is 4.74. The molecule has 1 N–H and O–H groups in total. The normalized spacial score (nSPS) is 21.5. The molecule has 0 aromatic heterocycles. The van der Waals surface area contributed by atoms with Crippen LogP contribution in [-0.2, 0) is 23.7 Å². The Bertz CT molecular complexity index is 381. The third-order valence-corrected chi connectivity index (χ3v) is 3.79. The minimum absolute atomic E-state index is 0.0248. The van der Waals surface area contributed by atoms with Gasteiger partial charge in [-0.05, 0) is 38.5 Å². The van der Waals surface area contributed by atoms with Gasteiger partial charge in [0.05, 0.1) is 31.8 Å². The molecule has 6 nitrogen and oxygen atoms in total. The summed E-state index contributed by atoms with van der Waals surface area (Å²) in [4.78, 5) is 0. The maximum Gasteiger partial charge on any atom is 0.157 e. The van der Waals surface area contributed by atoms with E-state index >= 15 is 0 Å². The maximum absolute atomic E-state index is 8.42. The highest BCUT2D eigenvalue weighted by atomic mass is 79.9. The van der Waals surface area contributed by atoms with E-state index in [0.29, 0.717) is 31.8 Å². The van der Waals surface area contributed by atoms with Gasteiger partial charge in [0.25, 0.3) is 0 Å². The van der Waals surface area contributed by atoms with Crippen LogP contribution in [0.25, 0.3) is 0 Å². The summed E-state index contributed by atoms with van der Waals surface area (Å²) in [5, 5.41) is 9.08. The lowest BCUT2D eigenvalue weighted by Gasteiger charge is -2.22. The second kappa shape index (κ2) is 21.7. The van der Waals surface area contributed by atoms with Crippen molar-refractivity contribution in [2.75, 3.05) is 51.6 Å². The second-order valence-corrected chi connectivity index (χ2v) is 6.21. The van der Waals surface area contributed by atoms with Gasteiger partial charge in [-0.15, -0.1) is 12.8 Å². The zero-order valence-electron chi connectivity index (χ0n) is 16.1. The molecule has 0 radical (unpaired) electrons. The predicted molar refractivity (Wildman–Crippen MR) is 108 cm³/mol. The molecule has 0 aromatic carbocycles. The minimum Gasteiger partial charge on any atom is -0.394 e. The van der Waals surface area contributed by atoms with E-state index in [1.807, 2.05) is 0 Å². The Morgan fingerprint density at radius 2 is 1.44 bits per heavy atom. The van der Waals surface area contributed by atoms with Crippen LogP contribution >= 0.6 is 15.9 Å². The smallest absolute Gasteiger partial charge is 0.157 e. The number of halogens is 1. The number of hydrogen-bond acceptors (Lipinski definition) is 6. The van der Waals surface area contributed by atoms with E-state index in [0.717, 1.165) is 38.9 Å². The van der Waals surface area contributed by atoms with Crippen LogP contribution in [0.5, 0.6) is 0 Å². The van der Waals surface area contributed by atoms with Crippen molar-refractivity contribution < 1.29 is 28.8 Å². The highest BCUT2D eigenvalue weighted by molar-refractivity contribution is 9.09. The molecule has 0 aliphatic carbocycles. The van der Waals surface area contributed by atoms with E-state index < -0.39 is 0 Å². The third-order valence-electron chi connectivity index (χ3n) is 3.46. The summed E-state index contributed by atoms with van der Waals surface area (Å²) in [7, 11) is 0. The van der Waals surface area contributed by atoms with Crippen molar-refractivity contribution in [1.82, 2.24) is 0 Å². The van der Waals surface area contributed by atoms with Gasteiger partial charge in [0.2, 0.25) is 0 Å². The van der Waals surface area contributed by atoms with Crippen molar-refractivity contribution in [2.24, 2.45) is 0 Å². The molecule has 0 saturated carbocycles. The molecule has 2 heterocycles. The van der Waals surface area contributed by atoms with Gasteiger partial charge in [0.15, 0.2) is 12.6 Å². The molecule has 0 amide bonds. The molecule has 7 heteroatoms. The maximum atomic E-state index is 8.42. The van der Waals surface area contributed by atoms with Gasteiger partial charge in [-0.2, -0.15) is 0 Å². The van der Waals surface area contributed by atoms with Gasteiger partial charge in [-0.25, -0.2) is 0 Å². The Morgan fingerprint density at radius 3 is 1.85 bits per heavy atom. The van der Waals surface area contributed by atoms with Gasteiger partial charge in [-0.3, -0.25) is 0 Å². The largest absolute Gasteiger partial charge is 0.394 e. The first-order valence-electron chi connectivity index (χ1n) is 9.36. The highest BCUT2D eigenvalue weighted by Gasteiger charge is 2.13. The average Bonchev–Trinajstić information content (AvgIpc) is 2.74. The number of aliphatic hydroxyl groups is 1. The molecule has 2 unspecified atom stereocenters. The van der Waals surface area contributed by atoms with Crippen molar-refractivity contribution in [3.8, 4) is 24.7 Å². The van der Waals surface area contributed by atoms with Crippen LogP contribution in [0.3, 0.4) is 0 Å². The first-order valence-corrected chi connectivity index (χ1v) is 10.5. The van der Waals surface area contributed by atoms with Crippen LogP contribution in [0.4, 0.5) is 0 Å². The van der Waals surface area contributed by atoms with Crippen molar-refractivity contribution in [1.29, 1.82) is 0 Å². The number of alkyl halides is 1. The Labute approximate surface area is 172 Å². The lowest BCUT2D eigenvalue weighted by Crippen LogP contribution is -2.23. The van der Waals surface area contributed by atoms with Gasteiger partial charge in [0, 0.05) is 13.2 Å². The SMILES string of the molecule is C#CCBr.C#CCOCCOC1CCCCO1.OCCOC1CCCCO1. The fraction of sp³-hybridized carbons (Fsp3) is 0.800. The van der Waals surface area contributed by atoms with Crippen LogP contribution in [-0.4, -0.2) is 69.3 Å². The summed E-state index contributed by atoms with van der Waals surface area (Å²) in [6, 6.07) is 0. The average molecular weight is 449 g/mol. The molecular weight excluding hydrogens is 416 g/mol. The quantitative estimate of drug-likeness (QED) is 0.349. The molecule has 2 saturated heterocycles. The number of rotatable bonds is 8. The van der Waals surface area contributed by atoms with Gasteiger partial charge >= 0.3 is 0 Å². The number of aliphatic hydroxyl groups excluding tert-OH is 1. The lowest BCUT2D eigenvalue weighted by atomic mass is 10.2. The number of terminal acetylenes is 2. The van der Waals surface area contributed by atoms with Crippen LogP contribution in [0.15, 0.2) is 0 Å². The standard InChI is InChI=1S/C10H16O3.C7H14O3.C3H3Br/c1-2-6-11-8-9-13-10-5-3-4-7-12-10;8-4-6-10-7-3-1-2-5-9-7;1-2-3-4/h1,10H,3-9H2;7-8H,1-6H2;1H,3H2. The van der Waals surface area contributed by atoms with Crippen molar-refractivity contribution in [2.45, 2.75) is 51.1 Å². The summed E-state index contributed by atoms with van der Waals surface area (Å²) in [5.41, 5.74) is 0. The van der Waals surface area contributed by atoms with Gasteiger partial charge < -0.3 is 28.8 Å². The molecule has 0 aromatic rings. The van der Waals surface area contributed by atoms with E-state index in [1.54, 1.807) is 0 Å². The summed E-state index contributed by atoms with van der Waals surface area (Å²) in [6.45, 7) is 3.56. The summed E-state index contributed by atoms with van der Waals surface area (Å²) >= 11 is 3.01. The Hall–Kier alpha value is -0.640. The van der Waals surface area contributed by atoms with E-state index in [9.17, 15) is 0 Å². The van der Waals surface area contributed by atoms with E-state index in [2.05, 4.69) is 27.8 Å². The number of ether oxygens (including phenoxy) is 5. The van der Waals surface area contributed by atoms with Crippen molar-refractivity contribution >= 4 is 15.9 Å². The second-order valence-electron chi connectivity index (χ2n) is 5.65. The van der Waals surface area contributed by atoms with E-state index in [4.69, 9.17) is 41.6 Å². The molecule has 27 heavy (non-hydrogen) atoms. The monoisotopic (exact) mass is 448 g/mol. The highest BCUT2D eigenvalue weighted by Crippen LogP contribution is 2.13. The van der Waals surface area contributed by atoms with Crippen LogP contribution < -0.4 is 0 Å². The van der Waals surface area contributed by atoms with Gasteiger partial charge in [0.1, 0.15) is 6.61 Å². The fourth-order valence-corrected chi connectivity index (χ4v) is 2.24. The van der Waals surface area contributed by atoms with Crippen LogP contribution in [0.1, 0.15) is 38.5 Å². The van der Waals surface area contributed by atoms with Crippen molar-refractivity contribution in [3.05, 3.63) is 0 Å². The molecular formula is C20H33BrO6. The third kappa shape index (κ3) is 18.5. The molecule has 2 fully saturated rings. The van der Waals surface area contributed by atoms with E-state index in [1.165, 1.54) is 12.8 Å². The number of hydrogen-bond donors (Lipinski definition) is 1.